The lowest BCUT2D eigenvalue weighted by atomic mass is 9.77. The summed E-state index contributed by atoms with van der Waals surface area (Å²) in [6, 6.07) is 2.51. The summed E-state index contributed by atoms with van der Waals surface area (Å²) in [5.41, 5.74) is 1.36. The Labute approximate surface area is 117 Å². The zero-order valence-corrected chi connectivity index (χ0v) is 11.8. The van der Waals surface area contributed by atoms with Gasteiger partial charge in [0.25, 0.3) is 0 Å². The van der Waals surface area contributed by atoms with Crippen molar-refractivity contribution in [2.75, 3.05) is 7.11 Å². The van der Waals surface area contributed by atoms with E-state index in [0.29, 0.717) is 12.0 Å². The number of esters is 1. The topological polar surface area (TPSA) is 51.2 Å². The van der Waals surface area contributed by atoms with Gasteiger partial charge in [0.1, 0.15) is 0 Å². The molecule has 1 aromatic rings. The Morgan fingerprint density at radius 1 is 1.42 bits per heavy atom. The highest BCUT2D eigenvalue weighted by Gasteiger charge is 2.35. The molecule has 102 valence electrons. The first-order chi connectivity index (χ1) is 9.29. The fraction of sp³-hybridized carbons (Fsp3) is 0.571. The highest BCUT2D eigenvalue weighted by atomic mass is 32.2. The molecule has 4 nitrogen and oxygen atoms in total. The molecule has 0 spiro atoms. The van der Waals surface area contributed by atoms with Crippen LogP contribution in [0.5, 0.6) is 0 Å². The van der Waals surface area contributed by atoms with E-state index in [9.17, 15) is 4.79 Å². The molecule has 0 radical (unpaired) electrons. The summed E-state index contributed by atoms with van der Waals surface area (Å²) in [6.45, 7) is 0. The molecule has 1 atom stereocenters. The minimum Gasteiger partial charge on any atom is -0.469 e. The summed E-state index contributed by atoms with van der Waals surface area (Å²) in [5, 5.41) is 0. The molecule has 5 heteroatoms. The highest BCUT2D eigenvalue weighted by Crippen LogP contribution is 2.44. The van der Waals surface area contributed by atoms with E-state index >= 15 is 0 Å². The molecule has 0 aromatic carbocycles. The lowest BCUT2D eigenvalue weighted by Gasteiger charge is -2.31. The Bertz CT molecular complexity index is 472. The number of nitrogens with one attached hydrogen (secondary N) is 1. The molecule has 1 saturated carbocycles. The Hall–Kier alpha value is -1.07. The van der Waals surface area contributed by atoms with Gasteiger partial charge in [0, 0.05) is 23.3 Å². The van der Waals surface area contributed by atoms with Crippen molar-refractivity contribution in [2.45, 2.75) is 36.6 Å². The molecular weight excluding hydrogens is 260 g/mol. The normalized spacial score (nSPS) is 29.8. The number of nitrogens with zero attached hydrogens (tertiary/aromatic N) is 1. The molecule has 19 heavy (non-hydrogen) atoms. The fourth-order valence-electron chi connectivity index (χ4n) is 3.13. The minimum atomic E-state index is -0.0446. The van der Waals surface area contributed by atoms with Crippen molar-refractivity contribution >= 4 is 17.9 Å². The summed E-state index contributed by atoms with van der Waals surface area (Å²) in [5.74, 6) is 0.668. The highest BCUT2D eigenvalue weighted by molar-refractivity contribution is 7.97. The summed E-state index contributed by atoms with van der Waals surface area (Å²) >= 11 is 1.68. The summed E-state index contributed by atoms with van der Waals surface area (Å²) in [4.78, 5) is 16.9. The summed E-state index contributed by atoms with van der Waals surface area (Å²) in [6.07, 6.45) is 7.84. The van der Waals surface area contributed by atoms with Crippen LogP contribution in [0.1, 0.15) is 37.3 Å². The molecule has 2 heterocycles. The van der Waals surface area contributed by atoms with E-state index < -0.39 is 0 Å². The van der Waals surface area contributed by atoms with Crippen molar-refractivity contribution in [3.05, 3.63) is 24.0 Å². The number of ether oxygens (including phenoxy) is 1. The predicted octanol–water partition coefficient (Wildman–Crippen LogP) is 2.71. The smallest absolute Gasteiger partial charge is 0.308 e. The number of carbonyl (C=O) groups is 1. The second kappa shape index (κ2) is 5.51. The predicted molar refractivity (Wildman–Crippen MR) is 73.4 cm³/mol. The number of hydrogen-bond donors (Lipinski definition) is 1. The van der Waals surface area contributed by atoms with Crippen molar-refractivity contribution in [1.82, 2.24) is 9.71 Å². The largest absolute Gasteiger partial charge is 0.469 e. The lowest BCUT2D eigenvalue weighted by molar-refractivity contribution is -0.146. The van der Waals surface area contributed by atoms with Gasteiger partial charge in [-0.15, -0.1) is 0 Å². The zero-order chi connectivity index (χ0) is 13.2. The van der Waals surface area contributed by atoms with Crippen molar-refractivity contribution in [3.8, 4) is 0 Å². The maximum Gasteiger partial charge on any atom is 0.308 e. The molecule has 1 fully saturated rings. The monoisotopic (exact) mass is 278 g/mol. The third-order valence-corrected chi connectivity index (χ3v) is 5.16. The van der Waals surface area contributed by atoms with Gasteiger partial charge in [0.05, 0.1) is 13.0 Å². The molecule has 0 saturated heterocycles. The Morgan fingerprint density at radius 2 is 2.21 bits per heavy atom. The van der Waals surface area contributed by atoms with Crippen LogP contribution in [0.2, 0.25) is 0 Å². The third-order valence-electron chi connectivity index (χ3n) is 4.23. The van der Waals surface area contributed by atoms with Crippen LogP contribution in [-0.2, 0) is 9.53 Å². The standard InChI is InChI=1S/C14H18N2O2S/c1-18-14(17)10-4-2-9(3-5-10)13-11-6-7-15-8-12(11)19-16-13/h6-10,13,16H,2-5H2,1H3. The van der Waals surface area contributed by atoms with Crippen molar-refractivity contribution in [2.24, 2.45) is 11.8 Å². The van der Waals surface area contributed by atoms with Crippen LogP contribution in [0.25, 0.3) is 0 Å². The van der Waals surface area contributed by atoms with Crippen LogP contribution in [-0.4, -0.2) is 18.1 Å². The average Bonchev–Trinajstić information content (AvgIpc) is 2.90. The molecule has 1 unspecified atom stereocenters. The van der Waals surface area contributed by atoms with Crippen LogP contribution >= 0.6 is 11.9 Å². The van der Waals surface area contributed by atoms with Gasteiger partial charge in [-0.3, -0.25) is 14.5 Å². The second-order valence-electron chi connectivity index (χ2n) is 5.25. The van der Waals surface area contributed by atoms with Gasteiger partial charge in [-0.1, -0.05) is 0 Å². The molecular formula is C14H18N2O2S. The lowest BCUT2D eigenvalue weighted by Crippen LogP contribution is -2.28. The van der Waals surface area contributed by atoms with Gasteiger partial charge in [0.2, 0.25) is 0 Å². The number of rotatable bonds is 2. The maximum absolute atomic E-state index is 11.5. The van der Waals surface area contributed by atoms with Crippen LogP contribution in [0, 0.1) is 11.8 Å². The maximum atomic E-state index is 11.5. The molecule has 0 amide bonds. The van der Waals surface area contributed by atoms with E-state index in [4.69, 9.17) is 4.74 Å². The number of hydrogen-bond acceptors (Lipinski definition) is 5. The van der Waals surface area contributed by atoms with Crippen LogP contribution in [0.15, 0.2) is 23.4 Å². The zero-order valence-electron chi connectivity index (χ0n) is 11.0. The van der Waals surface area contributed by atoms with E-state index in [-0.39, 0.29) is 11.9 Å². The first-order valence-electron chi connectivity index (χ1n) is 6.73. The molecule has 1 aliphatic heterocycles. The van der Waals surface area contributed by atoms with Gasteiger partial charge < -0.3 is 4.74 Å². The molecule has 0 bridgehead atoms. The molecule has 1 aliphatic carbocycles. The molecule has 1 N–H and O–H groups in total. The second-order valence-corrected chi connectivity index (χ2v) is 6.13. The summed E-state index contributed by atoms with van der Waals surface area (Å²) < 4.78 is 8.35. The van der Waals surface area contributed by atoms with E-state index in [0.717, 1.165) is 25.7 Å². The summed E-state index contributed by atoms with van der Waals surface area (Å²) in [7, 11) is 1.48. The number of aromatic nitrogens is 1. The third kappa shape index (κ3) is 2.49. The first kappa shape index (κ1) is 12.9. The number of pyridine rings is 1. The van der Waals surface area contributed by atoms with E-state index in [2.05, 4.69) is 15.8 Å². The minimum absolute atomic E-state index is 0.0446. The van der Waals surface area contributed by atoms with Crippen molar-refractivity contribution in [1.29, 1.82) is 0 Å². The molecule has 3 rings (SSSR count). The first-order valence-corrected chi connectivity index (χ1v) is 7.55. The number of carbonyl (C=O) groups excluding carboxylic acids is 1. The van der Waals surface area contributed by atoms with Crippen molar-refractivity contribution < 1.29 is 9.53 Å². The Kier molecular flexibility index (Phi) is 3.75. The van der Waals surface area contributed by atoms with Crippen LogP contribution in [0.4, 0.5) is 0 Å². The van der Waals surface area contributed by atoms with Crippen LogP contribution < -0.4 is 4.72 Å². The van der Waals surface area contributed by atoms with Crippen LogP contribution in [0.3, 0.4) is 0 Å². The molecule has 2 aliphatic rings. The van der Waals surface area contributed by atoms with Gasteiger partial charge in [-0.2, -0.15) is 0 Å². The SMILES string of the molecule is COC(=O)C1CCC(C2NSc3cnccc32)CC1. The van der Waals surface area contributed by atoms with E-state index in [1.807, 2.05) is 12.4 Å². The average molecular weight is 278 g/mol. The number of fused-ring (bicyclic) bond motifs is 1. The fourth-order valence-corrected chi connectivity index (χ4v) is 4.13. The van der Waals surface area contributed by atoms with Gasteiger partial charge in [-0.05, 0) is 55.2 Å². The Balaban J connectivity index is 1.65. The van der Waals surface area contributed by atoms with E-state index in [1.165, 1.54) is 17.6 Å². The van der Waals surface area contributed by atoms with Gasteiger partial charge in [0.15, 0.2) is 0 Å². The Morgan fingerprint density at radius 3 is 2.95 bits per heavy atom. The molecule has 1 aromatic heterocycles. The quantitative estimate of drug-likeness (QED) is 0.666. The number of methoxy groups -OCH3 is 1. The van der Waals surface area contributed by atoms with Gasteiger partial charge in [-0.25, -0.2) is 0 Å². The van der Waals surface area contributed by atoms with Gasteiger partial charge >= 0.3 is 5.97 Å². The van der Waals surface area contributed by atoms with Crippen molar-refractivity contribution in [3.63, 3.8) is 0 Å². The van der Waals surface area contributed by atoms with E-state index in [1.54, 1.807) is 11.9 Å².